The topological polar surface area (TPSA) is 58.8 Å². The molecule has 1 aromatic rings. The molecule has 0 aliphatic carbocycles. The van der Waals surface area contributed by atoms with Gasteiger partial charge in [0.1, 0.15) is 0 Å². The van der Waals surface area contributed by atoms with E-state index in [0.717, 1.165) is 31.9 Å². The molecule has 1 aliphatic heterocycles. The van der Waals surface area contributed by atoms with Gasteiger partial charge in [-0.1, -0.05) is 0 Å². The van der Waals surface area contributed by atoms with Gasteiger partial charge in [-0.3, -0.25) is 10.1 Å². The number of methoxy groups -OCH3 is 1. The summed E-state index contributed by atoms with van der Waals surface area (Å²) < 4.78 is 5.00. The van der Waals surface area contributed by atoms with Crippen LogP contribution >= 0.6 is 0 Å². The Morgan fingerprint density at radius 2 is 1.94 bits per heavy atom. The standard InChI is InChI=1S/C12H17N3O3/c1-13-5-7-14(8-6-13)10-3-4-12(18-2)11(9-10)15(16)17/h3-4,9H,5-8H2,1-2H3. The van der Waals surface area contributed by atoms with Crippen LogP contribution in [-0.4, -0.2) is 50.2 Å². The van der Waals surface area contributed by atoms with Crippen LogP contribution in [0.5, 0.6) is 5.75 Å². The Hall–Kier alpha value is -1.82. The lowest BCUT2D eigenvalue weighted by Crippen LogP contribution is -2.44. The van der Waals surface area contributed by atoms with Crippen LogP contribution in [0.1, 0.15) is 0 Å². The van der Waals surface area contributed by atoms with Gasteiger partial charge in [-0.15, -0.1) is 0 Å². The lowest BCUT2D eigenvalue weighted by Gasteiger charge is -2.33. The Morgan fingerprint density at radius 3 is 2.50 bits per heavy atom. The van der Waals surface area contributed by atoms with Gasteiger partial charge in [-0.05, 0) is 19.2 Å². The largest absolute Gasteiger partial charge is 0.490 e. The molecule has 0 amide bonds. The zero-order valence-corrected chi connectivity index (χ0v) is 10.6. The van der Waals surface area contributed by atoms with Crippen molar-refractivity contribution in [3.8, 4) is 5.75 Å². The van der Waals surface area contributed by atoms with E-state index >= 15 is 0 Å². The predicted octanol–water partition coefficient (Wildman–Crippen LogP) is 1.36. The molecule has 0 bridgehead atoms. The number of nitro benzene ring substituents is 1. The second kappa shape index (κ2) is 5.22. The minimum absolute atomic E-state index is 0.0222. The molecule has 1 fully saturated rings. The highest BCUT2D eigenvalue weighted by Gasteiger charge is 2.20. The highest BCUT2D eigenvalue weighted by atomic mass is 16.6. The van der Waals surface area contributed by atoms with Crippen molar-refractivity contribution >= 4 is 11.4 Å². The number of nitrogens with zero attached hydrogens (tertiary/aromatic N) is 3. The number of piperazine rings is 1. The molecule has 0 aromatic heterocycles. The quantitative estimate of drug-likeness (QED) is 0.599. The number of rotatable bonds is 3. The molecule has 98 valence electrons. The molecule has 0 N–H and O–H groups in total. The molecular formula is C12H17N3O3. The van der Waals surface area contributed by atoms with Crippen LogP contribution < -0.4 is 9.64 Å². The summed E-state index contributed by atoms with van der Waals surface area (Å²) in [5, 5.41) is 11.0. The second-order valence-corrected chi connectivity index (χ2v) is 4.40. The van der Waals surface area contributed by atoms with Gasteiger partial charge in [0.15, 0.2) is 5.75 Å². The highest BCUT2D eigenvalue weighted by Crippen LogP contribution is 2.31. The van der Waals surface area contributed by atoms with Crippen LogP contribution in [-0.2, 0) is 0 Å². The van der Waals surface area contributed by atoms with E-state index < -0.39 is 4.92 Å². The second-order valence-electron chi connectivity index (χ2n) is 4.40. The van der Waals surface area contributed by atoms with Crippen LogP contribution in [0.25, 0.3) is 0 Å². The number of anilines is 1. The molecule has 6 nitrogen and oxygen atoms in total. The molecule has 2 rings (SSSR count). The molecule has 1 saturated heterocycles. The molecule has 1 heterocycles. The van der Waals surface area contributed by atoms with Crippen LogP contribution in [0.2, 0.25) is 0 Å². The van der Waals surface area contributed by atoms with E-state index in [0.29, 0.717) is 5.75 Å². The summed E-state index contributed by atoms with van der Waals surface area (Å²) in [6.07, 6.45) is 0. The number of ether oxygens (including phenoxy) is 1. The summed E-state index contributed by atoms with van der Waals surface area (Å²) >= 11 is 0. The van der Waals surface area contributed by atoms with E-state index in [1.165, 1.54) is 7.11 Å². The van der Waals surface area contributed by atoms with Crippen molar-refractivity contribution in [2.45, 2.75) is 0 Å². The van der Waals surface area contributed by atoms with Crippen molar-refractivity contribution in [3.05, 3.63) is 28.3 Å². The predicted molar refractivity (Wildman–Crippen MR) is 69.4 cm³/mol. The maximum Gasteiger partial charge on any atom is 0.312 e. The van der Waals surface area contributed by atoms with Crippen molar-refractivity contribution in [1.82, 2.24) is 4.90 Å². The van der Waals surface area contributed by atoms with Crippen molar-refractivity contribution in [2.75, 3.05) is 45.2 Å². The fourth-order valence-electron chi connectivity index (χ4n) is 2.08. The van der Waals surface area contributed by atoms with E-state index in [2.05, 4.69) is 16.8 Å². The number of benzene rings is 1. The third-order valence-electron chi connectivity index (χ3n) is 3.23. The molecule has 6 heteroatoms. The monoisotopic (exact) mass is 251 g/mol. The average Bonchev–Trinajstić information content (AvgIpc) is 2.39. The number of hydrogen-bond acceptors (Lipinski definition) is 5. The maximum atomic E-state index is 11.0. The summed E-state index contributed by atoms with van der Waals surface area (Å²) in [5.74, 6) is 0.304. The van der Waals surface area contributed by atoms with Gasteiger partial charge in [0, 0.05) is 37.9 Å². The molecule has 0 spiro atoms. The molecule has 1 aliphatic rings. The Bertz CT molecular complexity index is 442. The summed E-state index contributed by atoms with van der Waals surface area (Å²) in [6.45, 7) is 3.72. The summed E-state index contributed by atoms with van der Waals surface area (Å²) in [6, 6.07) is 5.12. The Kier molecular flexibility index (Phi) is 3.66. The van der Waals surface area contributed by atoms with Gasteiger partial charge in [-0.2, -0.15) is 0 Å². The van der Waals surface area contributed by atoms with Gasteiger partial charge in [0.05, 0.1) is 12.0 Å². The summed E-state index contributed by atoms with van der Waals surface area (Å²) in [4.78, 5) is 15.0. The fourth-order valence-corrected chi connectivity index (χ4v) is 2.08. The van der Waals surface area contributed by atoms with Crippen molar-refractivity contribution in [3.63, 3.8) is 0 Å². The van der Waals surface area contributed by atoms with Crippen LogP contribution in [0.15, 0.2) is 18.2 Å². The van der Waals surface area contributed by atoms with E-state index in [4.69, 9.17) is 4.74 Å². The Balaban J connectivity index is 2.24. The summed E-state index contributed by atoms with van der Waals surface area (Å²) in [5.41, 5.74) is 0.907. The first-order chi connectivity index (χ1) is 8.61. The smallest absolute Gasteiger partial charge is 0.312 e. The first-order valence-corrected chi connectivity index (χ1v) is 5.87. The molecule has 1 aromatic carbocycles. The normalized spacial score (nSPS) is 16.7. The zero-order chi connectivity index (χ0) is 13.1. The molecule has 0 atom stereocenters. The molecule has 0 saturated carbocycles. The van der Waals surface area contributed by atoms with Gasteiger partial charge < -0.3 is 14.5 Å². The molecule has 0 unspecified atom stereocenters. The number of likely N-dealkylation sites (N-methyl/N-ethyl adjacent to an activating group) is 1. The highest BCUT2D eigenvalue weighted by molar-refractivity contribution is 5.60. The Morgan fingerprint density at radius 1 is 1.28 bits per heavy atom. The third kappa shape index (κ3) is 2.53. The van der Waals surface area contributed by atoms with Gasteiger partial charge >= 0.3 is 5.69 Å². The van der Waals surface area contributed by atoms with Gasteiger partial charge in [0.2, 0.25) is 0 Å². The first-order valence-electron chi connectivity index (χ1n) is 5.87. The van der Waals surface area contributed by atoms with E-state index in [9.17, 15) is 10.1 Å². The minimum Gasteiger partial charge on any atom is -0.490 e. The molecule has 18 heavy (non-hydrogen) atoms. The van der Waals surface area contributed by atoms with E-state index in [1.54, 1.807) is 12.1 Å². The zero-order valence-electron chi connectivity index (χ0n) is 10.6. The van der Waals surface area contributed by atoms with Crippen LogP contribution in [0.4, 0.5) is 11.4 Å². The summed E-state index contributed by atoms with van der Waals surface area (Å²) in [7, 11) is 3.52. The lowest BCUT2D eigenvalue weighted by molar-refractivity contribution is -0.385. The Labute approximate surface area is 106 Å². The van der Waals surface area contributed by atoms with Crippen LogP contribution in [0, 0.1) is 10.1 Å². The van der Waals surface area contributed by atoms with Gasteiger partial charge in [0.25, 0.3) is 0 Å². The van der Waals surface area contributed by atoms with E-state index in [-0.39, 0.29) is 5.69 Å². The fraction of sp³-hybridized carbons (Fsp3) is 0.500. The third-order valence-corrected chi connectivity index (χ3v) is 3.23. The van der Waals surface area contributed by atoms with Crippen molar-refractivity contribution in [1.29, 1.82) is 0 Å². The number of hydrogen-bond donors (Lipinski definition) is 0. The maximum absolute atomic E-state index is 11.0. The number of nitro groups is 1. The van der Waals surface area contributed by atoms with Crippen LogP contribution in [0.3, 0.4) is 0 Å². The van der Waals surface area contributed by atoms with Crippen molar-refractivity contribution < 1.29 is 9.66 Å². The van der Waals surface area contributed by atoms with Crippen molar-refractivity contribution in [2.24, 2.45) is 0 Å². The van der Waals surface area contributed by atoms with Gasteiger partial charge in [-0.25, -0.2) is 0 Å². The molecular weight excluding hydrogens is 234 g/mol. The van der Waals surface area contributed by atoms with E-state index in [1.807, 2.05) is 6.07 Å². The minimum atomic E-state index is -0.404. The SMILES string of the molecule is COc1ccc(N2CCN(C)CC2)cc1[N+](=O)[O-]. The average molecular weight is 251 g/mol. The first kappa shape index (κ1) is 12.6. The molecule has 0 radical (unpaired) electrons. The lowest BCUT2D eigenvalue weighted by atomic mass is 10.2.